The molecule has 0 amide bonds. The summed E-state index contributed by atoms with van der Waals surface area (Å²) in [7, 11) is 3.62. The van der Waals surface area contributed by atoms with Gasteiger partial charge in [-0.05, 0) is 17.2 Å². The van der Waals surface area contributed by atoms with Crippen LogP contribution in [-0.4, -0.2) is 37.6 Å². The van der Waals surface area contributed by atoms with E-state index in [0.717, 1.165) is 18.3 Å². The van der Waals surface area contributed by atoms with E-state index in [9.17, 15) is 0 Å². The van der Waals surface area contributed by atoms with E-state index in [1.54, 1.807) is 24.3 Å². The van der Waals surface area contributed by atoms with Crippen molar-refractivity contribution in [2.45, 2.75) is 19.6 Å². The van der Waals surface area contributed by atoms with Crippen LogP contribution in [0.3, 0.4) is 0 Å². The first kappa shape index (κ1) is 19.9. The van der Waals surface area contributed by atoms with Crippen LogP contribution in [0.2, 0.25) is 0 Å². The quantitative estimate of drug-likeness (QED) is 0.327. The molecule has 8 nitrogen and oxygen atoms in total. The maximum atomic E-state index is 4.28. The summed E-state index contributed by atoms with van der Waals surface area (Å²) < 4.78 is 3.65. The molecule has 0 saturated carbocycles. The third-order valence-corrected chi connectivity index (χ3v) is 3.90. The van der Waals surface area contributed by atoms with Crippen molar-refractivity contribution < 1.29 is 0 Å². The van der Waals surface area contributed by atoms with E-state index in [0.29, 0.717) is 13.1 Å². The third kappa shape index (κ3) is 5.28. The monoisotopic (exact) mass is 466 g/mol. The summed E-state index contributed by atoms with van der Waals surface area (Å²) >= 11 is 0. The number of benzene rings is 1. The maximum absolute atomic E-state index is 4.28. The molecule has 3 rings (SSSR count). The van der Waals surface area contributed by atoms with E-state index >= 15 is 0 Å². The molecule has 0 atom stereocenters. The number of aryl methyl sites for hydroxylation is 1. The predicted octanol–water partition coefficient (Wildman–Crippen LogP) is 1.54. The van der Waals surface area contributed by atoms with E-state index in [1.807, 2.05) is 36.1 Å². The Kier molecular flexibility index (Phi) is 7.57. The molecule has 138 valence electrons. The Morgan fingerprint density at radius 3 is 2.50 bits per heavy atom. The maximum Gasteiger partial charge on any atom is 0.191 e. The molecule has 0 aliphatic carbocycles. The van der Waals surface area contributed by atoms with Gasteiger partial charge in [-0.25, -0.2) is 4.98 Å². The zero-order chi connectivity index (χ0) is 17.5. The second kappa shape index (κ2) is 9.90. The van der Waals surface area contributed by atoms with Gasteiger partial charge in [0.05, 0.1) is 13.1 Å². The lowest BCUT2D eigenvalue weighted by Crippen LogP contribution is -2.37. The number of aliphatic imine (C=N–C) groups is 1. The molecule has 26 heavy (non-hydrogen) atoms. The van der Waals surface area contributed by atoms with Crippen LogP contribution in [0, 0.1) is 0 Å². The van der Waals surface area contributed by atoms with Crippen LogP contribution in [0.1, 0.15) is 17.0 Å². The van der Waals surface area contributed by atoms with Crippen LogP contribution >= 0.6 is 24.0 Å². The molecule has 2 heterocycles. The lowest BCUT2D eigenvalue weighted by atomic mass is 10.1. The minimum Gasteiger partial charge on any atom is -0.352 e. The van der Waals surface area contributed by atoms with E-state index in [2.05, 4.69) is 42.9 Å². The molecule has 2 aromatic heterocycles. The fourth-order valence-corrected chi connectivity index (χ4v) is 2.50. The van der Waals surface area contributed by atoms with E-state index in [1.165, 1.54) is 11.1 Å². The topological polar surface area (TPSA) is 84.9 Å². The number of nitrogens with one attached hydrogen (secondary N) is 2. The summed E-state index contributed by atoms with van der Waals surface area (Å²) in [5, 5.41) is 14.9. The van der Waals surface area contributed by atoms with Crippen LogP contribution in [0.4, 0.5) is 0 Å². The number of nitrogens with zero attached hydrogens (tertiary/aromatic N) is 6. The number of guanidine groups is 1. The number of hydrogen-bond donors (Lipinski definition) is 2. The van der Waals surface area contributed by atoms with Gasteiger partial charge in [0, 0.05) is 33.0 Å². The van der Waals surface area contributed by atoms with Gasteiger partial charge in [0.15, 0.2) is 5.96 Å². The first-order valence-corrected chi connectivity index (χ1v) is 8.08. The Morgan fingerprint density at radius 1 is 1.08 bits per heavy atom. The van der Waals surface area contributed by atoms with Gasteiger partial charge in [-0.3, -0.25) is 14.4 Å². The van der Waals surface area contributed by atoms with E-state index in [-0.39, 0.29) is 24.0 Å². The second-order valence-corrected chi connectivity index (χ2v) is 5.55. The average molecular weight is 466 g/mol. The molecule has 0 saturated heterocycles. The number of hydrogen-bond acceptors (Lipinski definition) is 4. The van der Waals surface area contributed by atoms with Gasteiger partial charge in [-0.1, -0.05) is 24.3 Å². The minimum absolute atomic E-state index is 0. The highest BCUT2D eigenvalue weighted by Gasteiger charge is 2.06. The summed E-state index contributed by atoms with van der Waals surface area (Å²) in [5.41, 5.74) is 2.43. The van der Waals surface area contributed by atoms with Crippen molar-refractivity contribution in [1.82, 2.24) is 35.2 Å². The van der Waals surface area contributed by atoms with Crippen molar-refractivity contribution in [2.75, 3.05) is 7.05 Å². The SMILES string of the molecule is CN=C(NCc1ccccc1Cn1cccn1)NCc1ncnn1C.I. The Balaban J connectivity index is 0.00000243. The fraction of sp³-hybridized carbons (Fsp3) is 0.294. The second-order valence-electron chi connectivity index (χ2n) is 5.55. The summed E-state index contributed by atoms with van der Waals surface area (Å²) in [4.78, 5) is 8.45. The molecule has 1 aromatic carbocycles. The summed E-state index contributed by atoms with van der Waals surface area (Å²) in [5.74, 6) is 1.57. The molecule has 0 spiro atoms. The molecular formula is C17H23IN8. The average Bonchev–Trinajstić information content (AvgIpc) is 3.28. The van der Waals surface area contributed by atoms with Crippen molar-refractivity contribution >= 4 is 29.9 Å². The molecule has 0 bridgehead atoms. The largest absolute Gasteiger partial charge is 0.352 e. The van der Waals surface area contributed by atoms with Gasteiger partial charge in [-0.2, -0.15) is 10.2 Å². The molecule has 0 aliphatic heterocycles. The minimum atomic E-state index is 0. The van der Waals surface area contributed by atoms with Crippen molar-refractivity contribution in [3.63, 3.8) is 0 Å². The van der Waals surface area contributed by atoms with Gasteiger partial charge in [0.2, 0.25) is 0 Å². The van der Waals surface area contributed by atoms with E-state index < -0.39 is 0 Å². The highest BCUT2D eigenvalue weighted by atomic mass is 127. The van der Waals surface area contributed by atoms with Crippen molar-refractivity contribution in [2.24, 2.45) is 12.0 Å². The van der Waals surface area contributed by atoms with Crippen LogP contribution in [0.25, 0.3) is 0 Å². The van der Waals surface area contributed by atoms with Crippen molar-refractivity contribution in [3.05, 3.63) is 66.0 Å². The predicted molar refractivity (Wildman–Crippen MR) is 111 cm³/mol. The van der Waals surface area contributed by atoms with Gasteiger partial charge in [-0.15, -0.1) is 24.0 Å². The van der Waals surface area contributed by atoms with Gasteiger partial charge < -0.3 is 10.6 Å². The Bertz CT molecular complexity index is 825. The fourth-order valence-electron chi connectivity index (χ4n) is 2.50. The lowest BCUT2D eigenvalue weighted by Gasteiger charge is -2.14. The first-order chi connectivity index (χ1) is 12.3. The van der Waals surface area contributed by atoms with Gasteiger partial charge in [0.25, 0.3) is 0 Å². The smallest absolute Gasteiger partial charge is 0.191 e. The van der Waals surface area contributed by atoms with Crippen LogP contribution < -0.4 is 10.6 Å². The Hall–Kier alpha value is -2.43. The third-order valence-electron chi connectivity index (χ3n) is 3.90. The molecule has 0 fully saturated rings. The van der Waals surface area contributed by atoms with Crippen LogP contribution in [-0.2, 0) is 26.7 Å². The van der Waals surface area contributed by atoms with Crippen LogP contribution in [0.5, 0.6) is 0 Å². The van der Waals surface area contributed by atoms with E-state index in [4.69, 9.17) is 0 Å². The Labute approximate surface area is 169 Å². The molecule has 0 aliphatic rings. The van der Waals surface area contributed by atoms with Crippen molar-refractivity contribution in [3.8, 4) is 0 Å². The molecule has 0 radical (unpaired) electrons. The van der Waals surface area contributed by atoms with Gasteiger partial charge >= 0.3 is 0 Å². The lowest BCUT2D eigenvalue weighted by molar-refractivity contribution is 0.667. The highest BCUT2D eigenvalue weighted by Crippen LogP contribution is 2.10. The van der Waals surface area contributed by atoms with Crippen LogP contribution in [0.15, 0.2) is 54.0 Å². The first-order valence-electron chi connectivity index (χ1n) is 8.08. The standard InChI is InChI=1S/C17H22N8.HI/c1-18-17(20-11-16-21-13-23-24(16)2)19-10-14-6-3-4-7-15(14)12-25-9-5-8-22-25;/h3-9,13H,10-12H2,1-2H3,(H2,18,19,20);1H. The summed E-state index contributed by atoms with van der Waals surface area (Å²) in [6.45, 7) is 1.98. The molecular weight excluding hydrogens is 443 g/mol. The summed E-state index contributed by atoms with van der Waals surface area (Å²) in [6.07, 6.45) is 5.30. The van der Waals surface area contributed by atoms with Crippen molar-refractivity contribution in [1.29, 1.82) is 0 Å². The summed E-state index contributed by atoms with van der Waals surface area (Å²) in [6, 6.07) is 10.2. The highest BCUT2D eigenvalue weighted by molar-refractivity contribution is 14.0. The number of rotatable bonds is 6. The molecule has 3 aromatic rings. The Morgan fingerprint density at radius 2 is 1.85 bits per heavy atom. The zero-order valence-electron chi connectivity index (χ0n) is 14.8. The zero-order valence-corrected chi connectivity index (χ0v) is 17.2. The molecule has 2 N–H and O–H groups in total. The van der Waals surface area contributed by atoms with Gasteiger partial charge in [0.1, 0.15) is 12.2 Å². The normalized spacial score (nSPS) is 11.1. The number of halogens is 1. The molecule has 9 heteroatoms. The number of aromatic nitrogens is 5. The molecule has 0 unspecified atom stereocenters.